The van der Waals surface area contributed by atoms with Crippen molar-refractivity contribution >= 4 is 23.4 Å². The average molecular weight is 379 g/mol. The molecule has 28 heavy (non-hydrogen) atoms. The highest BCUT2D eigenvalue weighted by molar-refractivity contribution is 5.93. The summed E-state index contributed by atoms with van der Waals surface area (Å²) in [5.74, 6) is -0.650. The highest BCUT2D eigenvalue weighted by atomic mass is 16.2. The van der Waals surface area contributed by atoms with E-state index in [2.05, 4.69) is 10.6 Å². The topological polar surface area (TPSA) is 78.5 Å². The Morgan fingerprint density at radius 1 is 0.964 bits per heavy atom. The molecule has 0 aromatic heterocycles. The Balaban J connectivity index is 1.46. The highest BCUT2D eigenvalue weighted by Crippen LogP contribution is 2.19. The highest BCUT2D eigenvalue weighted by Gasteiger charge is 2.28. The number of rotatable bonds is 6. The van der Waals surface area contributed by atoms with Gasteiger partial charge in [-0.1, -0.05) is 48.5 Å². The van der Waals surface area contributed by atoms with Crippen LogP contribution in [0.3, 0.4) is 0 Å². The molecule has 146 valence electrons. The van der Waals surface area contributed by atoms with E-state index in [4.69, 9.17) is 0 Å². The number of para-hydroxylation sites is 1. The molecular weight excluding hydrogens is 354 g/mol. The number of piperidine rings is 1. The lowest BCUT2D eigenvalue weighted by Crippen LogP contribution is -2.47. The van der Waals surface area contributed by atoms with Gasteiger partial charge in [-0.25, -0.2) is 0 Å². The summed E-state index contributed by atoms with van der Waals surface area (Å²) in [7, 11) is 0. The maximum absolute atomic E-state index is 12.5. The van der Waals surface area contributed by atoms with Crippen molar-refractivity contribution in [3.63, 3.8) is 0 Å². The molecule has 3 amide bonds. The Hall–Kier alpha value is -3.15. The number of likely N-dealkylation sites (tertiary alicyclic amines) is 1. The number of nitrogens with zero attached hydrogens (tertiary/aromatic N) is 1. The van der Waals surface area contributed by atoms with Crippen LogP contribution in [-0.2, 0) is 20.8 Å². The number of carbonyl (C=O) groups excluding carboxylic acids is 3. The smallest absolute Gasteiger partial charge is 0.241 e. The first kappa shape index (κ1) is 19.6. The van der Waals surface area contributed by atoms with Gasteiger partial charge in [0.15, 0.2) is 0 Å². The summed E-state index contributed by atoms with van der Waals surface area (Å²) in [6, 6.07) is 18.7. The van der Waals surface area contributed by atoms with E-state index in [1.54, 1.807) is 4.90 Å². The van der Waals surface area contributed by atoms with Crippen LogP contribution in [0, 0.1) is 5.92 Å². The van der Waals surface area contributed by atoms with Crippen LogP contribution in [-0.4, -0.2) is 42.3 Å². The monoisotopic (exact) mass is 379 g/mol. The number of carbonyl (C=O) groups is 3. The summed E-state index contributed by atoms with van der Waals surface area (Å²) in [6.45, 7) is 0.952. The van der Waals surface area contributed by atoms with E-state index in [0.29, 0.717) is 13.1 Å². The van der Waals surface area contributed by atoms with Crippen molar-refractivity contribution in [2.24, 2.45) is 5.92 Å². The molecule has 1 saturated heterocycles. The van der Waals surface area contributed by atoms with E-state index in [0.717, 1.165) is 24.1 Å². The first-order valence-electron chi connectivity index (χ1n) is 9.56. The average Bonchev–Trinajstić information content (AvgIpc) is 2.73. The largest absolute Gasteiger partial charge is 0.347 e. The normalized spacial score (nSPS) is 16.3. The maximum Gasteiger partial charge on any atom is 0.241 e. The van der Waals surface area contributed by atoms with Gasteiger partial charge in [-0.3, -0.25) is 14.4 Å². The Kier molecular flexibility index (Phi) is 6.78. The van der Waals surface area contributed by atoms with Crippen molar-refractivity contribution in [3.05, 3.63) is 66.2 Å². The number of hydrogen-bond acceptors (Lipinski definition) is 3. The zero-order valence-corrected chi connectivity index (χ0v) is 15.8. The second-order valence-electron chi connectivity index (χ2n) is 6.97. The molecule has 0 radical (unpaired) electrons. The summed E-state index contributed by atoms with van der Waals surface area (Å²) in [6.07, 6.45) is 1.77. The zero-order chi connectivity index (χ0) is 19.8. The van der Waals surface area contributed by atoms with Gasteiger partial charge >= 0.3 is 0 Å². The van der Waals surface area contributed by atoms with Gasteiger partial charge in [0.25, 0.3) is 0 Å². The summed E-state index contributed by atoms with van der Waals surface area (Å²) >= 11 is 0. The van der Waals surface area contributed by atoms with Gasteiger partial charge in [0.1, 0.15) is 0 Å². The molecule has 1 fully saturated rings. The van der Waals surface area contributed by atoms with E-state index in [1.807, 2.05) is 60.7 Å². The molecule has 0 spiro atoms. The fraction of sp³-hybridized carbons (Fsp3) is 0.318. The first-order valence-corrected chi connectivity index (χ1v) is 9.56. The number of benzene rings is 2. The summed E-state index contributed by atoms with van der Waals surface area (Å²) in [5.41, 5.74) is 1.66. The third kappa shape index (κ3) is 5.67. The lowest BCUT2D eigenvalue weighted by Gasteiger charge is -2.32. The third-order valence-electron chi connectivity index (χ3n) is 4.83. The van der Waals surface area contributed by atoms with Crippen molar-refractivity contribution in [3.8, 4) is 0 Å². The summed E-state index contributed by atoms with van der Waals surface area (Å²) in [4.78, 5) is 38.6. The molecule has 1 aliphatic rings. The summed E-state index contributed by atoms with van der Waals surface area (Å²) in [5, 5.41) is 5.58. The second kappa shape index (κ2) is 9.69. The van der Waals surface area contributed by atoms with Crippen LogP contribution in [0.1, 0.15) is 18.4 Å². The van der Waals surface area contributed by atoms with Crippen LogP contribution in [0.4, 0.5) is 5.69 Å². The van der Waals surface area contributed by atoms with Gasteiger partial charge in [-0.15, -0.1) is 0 Å². The Morgan fingerprint density at radius 3 is 2.36 bits per heavy atom. The number of amides is 3. The predicted octanol–water partition coefficient (Wildman–Crippen LogP) is 2.22. The predicted molar refractivity (Wildman–Crippen MR) is 108 cm³/mol. The van der Waals surface area contributed by atoms with E-state index in [1.165, 1.54) is 0 Å². The number of nitrogens with one attached hydrogen (secondary N) is 2. The Bertz CT molecular complexity index is 808. The minimum absolute atomic E-state index is 0.0430. The molecule has 2 N–H and O–H groups in total. The molecule has 1 atom stereocenters. The van der Waals surface area contributed by atoms with Gasteiger partial charge in [-0.2, -0.15) is 0 Å². The van der Waals surface area contributed by atoms with Crippen molar-refractivity contribution in [1.82, 2.24) is 10.2 Å². The van der Waals surface area contributed by atoms with Crippen LogP contribution < -0.4 is 10.6 Å². The Morgan fingerprint density at radius 2 is 1.64 bits per heavy atom. The number of hydrogen-bond donors (Lipinski definition) is 2. The van der Waals surface area contributed by atoms with Crippen molar-refractivity contribution in [1.29, 1.82) is 0 Å². The van der Waals surface area contributed by atoms with Crippen LogP contribution in [0.15, 0.2) is 60.7 Å². The molecular formula is C22H25N3O3. The number of anilines is 1. The zero-order valence-electron chi connectivity index (χ0n) is 15.8. The van der Waals surface area contributed by atoms with E-state index in [-0.39, 0.29) is 36.6 Å². The maximum atomic E-state index is 12.5. The van der Waals surface area contributed by atoms with Crippen molar-refractivity contribution in [2.45, 2.75) is 19.3 Å². The van der Waals surface area contributed by atoms with Crippen molar-refractivity contribution in [2.75, 3.05) is 25.0 Å². The van der Waals surface area contributed by atoms with Crippen molar-refractivity contribution < 1.29 is 14.4 Å². The molecule has 6 heteroatoms. The first-order chi connectivity index (χ1) is 13.6. The minimum atomic E-state index is -0.238. The van der Waals surface area contributed by atoms with Gasteiger partial charge in [0.2, 0.25) is 17.7 Å². The van der Waals surface area contributed by atoms with E-state index >= 15 is 0 Å². The molecule has 1 unspecified atom stereocenters. The molecule has 0 saturated carbocycles. The van der Waals surface area contributed by atoms with Crippen LogP contribution in [0.25, 0.3) is 0 Å². The molecule has 2 aromatic rings. The van der Waals surface area contributed by atoms with Crippen LogP contribution in [0.2, 0.25) is 0 Å². The van der Waals surface area contributed by atoms with Gasteiger partial charge in [0.05, 0.1) is 18.9 Å². The van der Waals surface area contributed by atoms with Crippen LogP contribution >= 0.6 is 0 Å². The summed E-state index contributed by atoms with van der Waals surface area (Å²) < 4.78 is 0. The van der Waals surface area contributed by atoms with Crippen LogP contribution in [0.5, 0.6) is 0 Å². The molecule has 1 aliphatic heterocycles. The van der Waals surface area contributed by atoms with Gasteiger partial charge in [-0.05, 0) is 30.5 Å². The Labute approximate surface area is 164 Å². The molecule has 6 nitrogen and oxygen atoms in total. The quantitative estimate of drug-likeness (QED) is 0.808. The molecule has 0 aliphatic carbocycles. The molecule has 3 rings (SSSR count). The molecule has 1 heterocycles. The SMILES string of the molecule is O=C(Cc1ccccc1)NCC(=O)N1CCCC(C(=O)Nc2ccccc2)C1. The fourth-order valence-corrected chi connectivity index (χ4v) is 3.31. The lowest BCUT2D eigenvalue weighted by atomic mass is 9.97. The minimum Gasteiger partial charge on any atom is -0.347 e. The van der Waals surface area contributed by atoms with E-state index in [9.17, 15) is 14.4 Å². The third-order valence-corrected chi connectivity index (χ3v) is 4.83. The fourth-order valence-electron chi connectivity index (χ4n) is 3.31. The molecule has 2 aromatic carbocycles. The standard InChI is InChI=1S/C22H25N3O3/c26-20(14-17-8-3-1-4-9-17)23-15-21(27)25-13-7-10-18(16-25)22(28)24-19-11-5-2-6-12-19/h1-6,8-9,11-12,18H,7,10,13-16H2,(H,23,26)(H,24,28). The van der Waals surface area contributed by atoms with Gasteiger partial charge in [0, 0.05) is 18.8 Å². The lowest BCUT2D eigenvalue weighted by molar-refractivity contribution is -0.135. The van der Waals surface area contributed by atoms with E-state index < -0.39 is 0 Å². The molecule has 0 bridgehead atoms. The second-order valence-corrected chi connectivity index (χ2v) is 6.97. The van der Waals surface area contributed by atoms with Gasteiger partial charge < -0.3 is 15.5 Å².